The number of phenolic OH excluding ortho intramolecular Hbond substituents is 1. The number of phenols is 1. The van der Waals surface area contributed by atoms with Crippen molar-refractivity contribution in [1.29, 1.82) is 0 Å². The molecular weight excluding hydrogens is 317 g/mol. The van der Waals surface area contributed by atoms with Crippen LogP contribution in [0, 0.1) is 0 Å². The molecule has 1 aromatic carbocycles. The van der Waals surface area contributed by atoms with E-state index in [1.807, 2.05) is 0 Å². The molecule has 0 bridgehead atoms. The fourth-order valence-corrected chi connectivity index (χ4v) is 3.11. The largest absolute Gasteiger partial charge is 0.506 e. The highest BCUT2D eigenvalue weighted by Crippen LogP contribution is 2.33. The van der Waals surface area contributed by atoms with Crippen LogP contribution in [0.4, 0.5) is 0 Å². The third-order valence-electron chi connectivity index (χ3n) is 3.59. The number of aliphatic carboxylic acids is 1. The third kappa shape index (κ3) is 3.60. The van der Waals surface area contributed by atoms with Crippen LogP contribution in [-0.4, -0.2) is 39.6 Å². The van der Waals surface area contributed by atoms with E-state index in [0.717, 1.165) is 25.7 Å². The fourth-order valence-electron chi connectivity index (χ4n) is 2.61. The molecule has 2 N–H and O–H groups in total. The molecular formula is C14H15Cl2NO4. The van der Waals surface area contributed by atoms with Crippen molar-refractivity contribution in [3.05, 3.63) is 27.7 Å². The van der Waals surface area contributed by atoms with Crippen molar-refractivity contribution in [3.63, 3.8) is 0 Å². The van der Waals surface area contributed by atoms with Crippen molar-refractivity contribution >= 4 is 35.1 Å². The molecule has 0 spiro atoms. The molecule has 5 nitrogen and oxygen atoms in total. The second-order valence-corrected chi connectivity index (χ2v) is 5.89. The summed E-state index contributed by atoms with van der Waals surface area (Å²) in [6.45, 7) is -0.410. The number of carboxylic acids is 1. The molecule has 0 unspecified atom stereocenters. The second-order valence-electron chi connectivity index (χ2n) is 5.05. The summed E-state index contributed by atoms with van der Waals surface area (Å²) < 4.78 is 0. The molecule has 1 aliphatic rings. The van der Waals surface area contributed by atoms with Gasteiger partial charge in [-0.3, -0.25) is 9.59 Å². The summed E-state index contributed by atoms with van der Waals surface area (Å²) in [7, 11) is 0. The van der Waals surface area contributed by atoms with Crippen molar-refractivity contribution in [2.45, 2.75) is 31.7 Å². The number of amides is 1. The molecule has 0 atom stereocenters. The van der Waals surface area contributed by atoms with E-state index in [9.17, 15) is 14.7 Å². The number of hydrogen-bond acceptors (Lipinski definition) is 3. The van der Waals surface area contributed by atoms with E-state index in [1.165, 1.54) is 17.0 Å². The number of carbonyl (C=O) groups is 2. The van der Waals surface area contributed by atoms with Crippen LogP contribution >= 0.6 is 23.2 Å². The van der Waals surface area contributed by atoms with E-state index >= 15 is 0 Å². The van der Waals surface area contributed by atoms with Crippen LogP contribution in [0.2, 0.25) is 10.0 Å². The Bertz CT molecular complexity index is 570. The van der Waals surface area contributed by atoms with Gasteiger partial charge in [0.25, 0.3) is 5.91 Å². The van der Waals surface area contributed by atoms with Crippen molar-refractivity contribution in [2.24, 2.45) is 0 Å². The Morgan fingerprint density at radius 3 is 2.43 bits per heavy atom. The number of carboxylic acid groups (broad SMARTS) is 1. The van der Waals surface area contributed by atoms with Gasteiger partial charge in [-0.15, -0.1) is 0 Å². The van der Waals surface area contributed by atoms with Crippen LogP contribution in [0.3, 0.4) is 0 Å². The average Bonchev–Trinajstić information content (AvgIpc) is 2.93. The Labute approximate surface area is 132 Å². The van der Waals surface area contributed by atoms with Gasteiger partial charge in [-0.05, 0) is 25.0 Å². The van der Waals surface area contributed by atoms with Crippen LogP contribution < -0.4 is 0 Å². The summed E-state index contributed by atoms with van der Waals surface area (Å²) in [5, 5.41) is 19.1. The zero-order chi connectivity index (χ0) is 15.6. The van der Waals surface area contributed by atoms with Gasteiger partial charge in [0.1, 0.15) is 12.3 Å². The van der Waals surface area contributed by atoms with E-state index in [0.29, 0.717) is 0 Å². The minimum absolute atomic E-state index is 0.0347. The topological polar surface area (TPSA) is 77.8 Å². The molecule has 1 fully saturated rings. The molecule has 0 aromatic heterocycles. The molecule has 21 heavy (non-hydrogen) atoms. The minimum atomic E-state index is -1.09. The summed E-state index contributed by atoms with van der Waals surface area (Å²) >= 11 is 11.7. The van der Waals surface area contributed by atoms with Crippen molar-refractivity contribution in [3.8, 4) is 5.75 Å². The molecule has 0 radical (unpaired) electrons. The van der Waals surface area contributed by atoms with Crippen molar-refractivity contribution in [1.82, 2.24) is 4.90 Å². The number of rotatable bonds is 4. The first kappa shape index (κ1) is 15.9. The number of halogens is 2. The van der Waals surface area contributed by atoms with Crippen molar-refractivity contribution in [2.75, 3.05) is 6.54 Å². The SMILES string of the molecule is O=C(O)CN(C(=O)c1cc(Cl)cc(Cl)c1O)C1CCCC1. The minimum Gasteiger partial charge on any atom is -0.506 e. The lowest BCUT2D eigenvalue weighted by Gasteiger charge is -2.27. The average molecular weight is 332 g/mol. The number of nitrogens with zero attached hydrogens (tertiary/aromatic N) is 1. The molecule has 0 saturated heterocycles. The second kappa shape index (κ2) is 6.54. The summed E-state index contributed by atoms with van der Waals surface area (Å²) in [5.74, 6) is -2.03. The summed E-state index contributed by atoms with van der Waals surface area (Å²) in [6, 6.07) is 2.49. The molecule has 1 aromatic rings. The van der Waals surface area contributed by atoms with Gasteiger partial charge in [0.2, 0.25) is 0 Å². The maximum atomic E-state index is 12.6. The lowest BCUT2D eigenvalue weighted by atomic mass is 10.1. The summed E-state index contributed by atoms with van der Waals surface area (Å²) in [6.07, 6.45) is 3.43. The summed E-state index contributed by atoms with van der Waals surface area (Å²) in [5.41, 5.74) is -0.0688. The molecule has 2 rings (SSSR count). The standard InChI is InChI=1S/C14H15Cl2NO4/c15-8-5-10(13(20)11(16)6-8)14(21)17(7-12(18)19)9-3-1-2-4-9/h5-6,9,20H,1-4,7H2,(H,18,19). The van der Waals surface area contributed by atoms with Gasteiger partial charge in [-0.1, -0.05) is 36.0 Å². The lowest BCUT2D eigenvalue weighted by molar-refractivity contribution is -0.138. The number of carbonyl (C=O) groups excluding carboxylic acids is 1. The number of hydrogen-bond donors (Lipinski definition) is 2. The molecule has 0 aliphatic heterocycles. The smallest absolute Gasteiger partial charge is 0.323 e. The lowest BCUT2D eigenvalue weighted by Crippen LogP contribution is -2.42. The van der Waals surface area contributed by atoms with Crippen molar-refractivity contribution < 1.29 is 19.8 Å². The van der Waals surface area contributed by atoms with E-state index < -0.39 is 18.4 Å². The van der Waals surface area contributed by atoms with Crippen LogP contribution in [0.5, 0.6) is 5.75 Å². The highest BCUT2D eigenvalue weighted by Gasteiger charge is 2.31. The Morgan fingerprint density at radius 2 is 1.86 bits per heavy atom. The van der Waals surface area contributed by atoms with Crippen LogP contribution in [0.1, 0.15) is 36.0 Å². The zero-order valence-corrected chi connectivity index (χ0v) is 12.7. The fraction of sp³-hybridized carbons (Fsp3) is 0.429. The first-order valence-electron chi connectivity index (χ1n) is 6.61. The first-order chi connectivity index (χ1) is 9.90. The van der Waals surface area contributed by atoms with Gasteiger partial charge in [0, 0.05) is 11.1 Å². The van der Waals surface area contributed by atoms with E-state index in [2.05, 4.69) is 0 Å². The highest BCUT2D eigenvalue weighted by atomic mass is 35.5. The van der Waals surface area contributed by atoms with Gasteiger partial charge in [0.05, 0.1) is 10.6 Å². The summed E-state index contributed by atoms with van der Waals surface area (Å²) in [4.78, 5) is 24.9. The van der Waals surface area contributed by atoms with Gasteiger partial charge >= 0.3 is 5.97 Å². The highest BCUT2D eigenvalue weighted by molar-refractivity contribution is 6.36. The normalized spacial score (nSPS) is 15.1. The molecule has 1 saturated carbocycles. The maximum absolute atomic E-state index is 12.6. The molecule has 1 amide bonds. The van der Waals surface area contributed by atoms with Crippen LogP contribution in [-0.2, 0) is 4.79 Å². The first-order valence-corrected chi connectivity index (χ1v) is 7.36. The van der Waals surface area contributed by atoms with Crippen LogP contribution in [0.25, 0.3) is 0 Å². The Hall–Kier alpha value is -1.46. The third-order valence-corrected chi connectivity index (χ3v) is 4.10. The number of benzene rings is 1. The molecule has 7 heteroatoms. The van der Waals surface area contributed by atoms with Gasteiger partial charge in [-0.25, -0.2) is 0 Å². The predicted octanol–water partition coefficient (Wildman–Crippen LogP) is 3.17. The quantitative estimate of drug-likeness (QED) is 0.888. The zero-order valence-electron chi connectivity index (χ0n) is 11.2. The monoisotopic (exact) mass is 331 g/mol. The maximum Gasteiger partial charge on any atom is 0.323 e. The van der Waals surface area contributed by atoms with E-state index in [1.54, 1.807) is 0 Å². The van der Waals surface area contributed by atoms with Gasteiger partial charge in [-0.2, -0.15) is 0 Å². The molecule has 114 valence electrons. The Balaban J connectivity index is 2.35. The number of aromatic hydroxyl groups is 1. The molecule has 1 aliphatic carbocycles. The van der Waals surface area contributed by atoms with E-state index in [4.69, 9.17) is 28.3 Å². The van der Waals surface area contributed by atoms with Gasteiger partial charge < -0.3 is 15.1 Å². The molecule has 0 heterocycles. The Kier molecular flexibility index (Phi) is 4.96. The van der Waals surface area contributed by atoms with E-state index in [-0.39, 0.29) is 27.4 Å². The predicted molar refractivity (Wildman–Crippen MR) is 79.1 cm³/mol. The van der Waals surface area contributed by atoms with Gasteiger partial charge in [0.15, 0.2) is 0 Å². The Morgan fingerprint density at radius 1 is 1.24 bits per heavy atom. The van der Waals surface area contributed by atoms with Crippen LogP contribution in [0.15, 0.2) is 12.1 Å².